The molecule has 0 spiro atoms. The van der Waals surface area contributed by atoms with Crippen LogP contribution in [0.5, 0.6) is 11.5 Å². The number of hydrogen-bond donors (Lipinski definition) is 0. The van der Waals surface area contributed by atoms with Gasteiger partial charge < -0.3 is 18.9 Å². The van der Waals surface area contributed by atoms with E-state index in [1.807, 2.05) is 18.2 Å². The number of ether oxygens (including phenoxy) is 2. The summed E-state index contributed by atoms with van der Waals surface area (Å²) in [4.78, 5) is 29.3. The molecule has 1 aliphatic heterocycles. The summed E-state index contributed by atoms with van der Waals surface area (Å²) in [6.07, 6.45) is 4.61. The maximum atomic E-state index is 12.8. The van der Waals surface area contributed by atoms with Gasteiger partial charge in [0.2, 0.25) is 0 Å². The number of hydrogen-bond acceptors (Lipinski definition) is 6. The van der Waals surface area contributed by atoms with Crippen molar-refractivity contribution < 1.29 is 19.2 Å². The maximum Gasteiger partial charge on any atom is 0.294 e. The van der Waals surface area contributed by atoms with E-state index in [2.05, 4.69) is 4.98 Å². The molecule has 1 aliphatic rings. The van der Waals surface area contributed by atoms with E-state index in [4.69, 9.17) is 9.47 Å². The predicted octanol–water partition coefficient (Wildman–Crippen LogP) is 2.82. The average Bonchev–Trinajstić information content (AvgIpc) is 3.27. The Bertz CT molecular complexity index is 1060. The zero-order valence-corrected chi connectivity index (χ0v) is 15.6. The van der Waals surface area contributed by atoms with Crippen LogP contribution in [0.25, 0.3) is 5.69 Å². The molecule has 0 unspecified atom stereocenters. The number of benzene rings is 2. The van der Waals surface area contributed by atoms with Crippen LogP contribution < -0.4 is 9.47 Å². The lowest BCUT2D eigenvalue weighted by atomic mass is 10.1. The Labute approximate surface area is 166 Å². The number of aromatic nitrogens is 2. The molecule has 0 fully saturated rings. The summed E-state index contributed by atoms with van der Waals surface area (Å²) in [5.41, 5.74) is 1.29. The quantitative estimate of drug-likeness (QED) is 0.487. The molecule has 0 atom stereocenters. The number of rotatable bonds is 5. The normalized spacial score (nSPS) is 12.4. The van der Waals surface area contributed by atoms with E-state index in [1.165, 1.54) is 28.1 Å². The molecule has 9 heteroatoms. The highest BCUT2D eigenvalue weighted by Crippen LogP contribution is 2.31. The van der Waals surface area contributed by atoms with Crippen LogP contribution >= 0.6 is 0 Å². The standard InChI is InChI=1S/C20H18N4O5/c1-22(12-14-2-5-18-19(10-14)29-9-8-28-18)20(25)15-3-4-16(17(11-15)24(26)27)23-7-6-21-13-23/h2-7,10-11,13H,8-9,12H2,1H3. The molecule has 0 N–H and O–H groups in total. The topological polar surface area (TPSA) is 99.7 Å². The smallest absolute Gasteiger partial charge is 0.294 e. The van der Waals surface area contributed by atoms with Gasteiger partial charge in [-0.3, -0.25) is 14.9 Å². The van der Waals surface area contributed by atoms with Crippen molar-refractivity contribution in [2.24, 2.45) is 0 Å². The third-order valence-corrected chi connectivity index (χ3v) is 4.57. The molecule has 29 heavy (non-hydrogen) atoms. The van der Waals surface area contributed by atoms with Gasteiger partial charge in [0.15, 0.2) is 11.5 Å². The monoisotopic (exact) mass is 394 g/mol. The van der Waals surface area contributed by atoms with Crippen LogP contribution in [0, 0.1) is 10.1 Å². The maximum absolute atomic E-state index is 12.8. The Balaban J connectivity index is 1.56. The summed E-state index contributed by atoms with van der Waals surface area (Å²) in [5, 5.41) is 11.5. The molecule has 0 radical (unpaired) electrons. The molecule has 0 bridgehead atoms. The third-order valence-electron chi connectivity index (χ3n) is 4.57. The Hall–Kier alpha value is -3.88. The highest BCUT2D eigenvalue weighted by molar-refractivity contribution is 5.95. The van der Waals surface area contributed by atoms with Gasteiger partial charge in [-0.1, -0.05) is 6.07 Å². The van der Waals surface area contributed by atoms with E-state index < -0.39 is 4.92 Å². The van der Waals surface area contributed by atoms with E-state index in [-0.39, 0.29) is 17.2 Å². The van der Waals surface area contributed by atoms with Crippen LogP contribution in [0.2, 0.25) is 0 Å². The summed E-state index contributed by atoms with van der Waals surface area (Å²) >= 11 is 0. The highest BCUT2D eigenvalue weighted by Gasteiger charge is 2.21. The first-order valence-corrected chi connectivity index (χ1v) is 8.93. The second kappa shape index (κ2) is 7.63. The van der Waals surface area contributed by atoms with E-state index in [0.29, 0.717) is 36.9 Å². The van der Waals surface area contributed by atoms with Crippen molar-refractivity contribution in [1.82, 2.24) is 14.5 Å². The van der Waals surface area contributed by atoms with Crippen LogP contribution in [0.3, 0.4) is 0 Å². The van der Waals surface area contributed by atoms with Crippen LogP contribution in [0.4, 0.5) is 5.69 Å². The lowest BCUT2D eigenvalue weighted by Crippen LogP contribution is -2.26. The summed E-state index contributed by atoms with van der Waals surface area (Å²) in [6.45, 7) is 1.32. The fourth-order valence-electron chi connectivity index (χ4n) is 3.17. The molecule has 1 aromatic heterocycles. The van der Waals surface area contributed by atoms with Gasteiger partial charge in [0.1, 0.15) is 18.9 Å². The number of nitro benzene ring substituents is 1. The number of fused-ring (bicyclic) bond motifs is 1. The number of amides is 1. The predicted molar refractivity (Wildman–Crippen MR) is 103 cm³/mol. The lowest BCUT2D eigenvalue weighted by Gasteiger charge is -2.21. The number of carbonyl (C=O) groups is 1. The van der Waals surface area contributed by atoms with Gasteiger partial charge >= 0.3 is 0 Å². The van der Waals surface area contributed by atoms with Crippen molar-refractivity contribution in [1.29, 1.82) is 0 Å². The third kappa shape index (κ3) is 3.75. The molecule has 1 amide bonds. The van der Waals surface area contributed by atoms with Crippen molar-refractivity contribution in [2.75, 3.05) is 20.3 Å². The van der Waals surface area contributed by atoms with Gasteiger partial charge in [-0.25, -0.2) is 4.98 Å². The van der Waals surface area contributed by atoms with E-state index in [0.717, 1.165) is 5.56 Å². The molecule has 148 valence electrons. The largest absolute Gasteiger partial charge is 0.486 e. The summed E-state index contributed by atoms with van der Waals surface area (Å²) in [5.74, 6) is 1.01. The van der Waals surface area contributed by atoms with Gasteiger partial charge in [0.05, 0.1) is 11.3 Å². The van der Waals surface area contributed by atoms with Crippen LogP contribution in [-0.4, -0.2) is 45.5 Å². The SMILES string of the molecule is CN(Cc1ccc2c(c1)OCCO2)C(=O)c1ccc(-n2ccnc2)c([N+](=O)[O-])c1. The molecule has 2 heterocycles. The summed E-state index contributed by atoms with van der Waals surface area (Å²) in [7, 11) is 1.65. The van der Waals surface area contributed by atoms with Crippen LogP contribution in [0.1, 0.15) is 15.9 Å². The highest BCUT2D eigenvalue weighted by atomic mass is 16.6. The van der Waals surface area contributed by atoms with Crippen molar-refractivity contribution in [3.05, 3.63) is 76.4 Å². The van der Waals surface area contributed by atoms with Gasteiger partial charge in [-0.15, -0.1) is 0 Å². The number of nitro groups is 1. The van der Waals surface area contributed by atoms with Gasteiger partial charge in [0, 0.05) is 37.6 Å². The van der Waals surface area contributed by atoms with E-state index >= 15 is 0 Å². The molecule has 0 saturated carbocycles. The molecule has 2 aromatic carbocycles. The molecule has 0 aliphatic carbocycles. The van der Waals surface area contributed by atoms with Crippen molar-refractivity contribution >= 4 is 11.6 Å². The molecule has 4 rings (SSSR count). The number of imidazole rings is 1. The van der Waals surface area contributed by atoms with E-state index in [1.54, 1.807) is 25.4 Å². The molecule has 9 nitrogen and oxygen atoms in total. The Morgan fingerprint density at radius 2 is 2.00 bits per heavy atom. The van der Waals surface area contributed by atoms with Gasteiger partial charge in [-0.2, -0.15) is 0 Å². The average molecular weight is 394 g/mol. The number of nitrogens with zero attached hydrogens (tertiary/aromatic N) is 4. The van der Waals surface area contributed by atoms with Crippen molar-refractivity contribution in [2.45, 2.75) is 6.54 Å². The van der Waals surface area contributed by atoms with E-state index in [9.17, 15) is 14.9 Å². The Morgan fingerprint density at radius 3 is 2.72 bits per heavy atom. The summed E-state index contributed by atoms with van der Waals surface area (Å²) < 4.78 is 12.6. The minimum Gasteiger partial charge on any atom is -0.486 e. The molecular formula is C20H18N4O5. The number of carbonyl (C=O) groups excluding carboxylic acids is 1. The minimum atomic E-state index is -0.507. The van der Waals surface area contributed by atoms with Crippen molar-refractivity contribution in [3.8, 4) is 17.2 Å². The second-order valence-electron chi connectivity index (χ2n) is 6.57. The molecule has 3 aromatic rings. The van der Waals surface area contributed by atoms with Crippen LogP contribution in [-0.2, 0) is 6.54 Å². The zero-order chi connectivity index (χ0) is 20.4. The van der Waals surface area contributed by atoms with Gasteiger partial charge in [0.25, 0.3) is 11.6 Å². The van der Waals surface area contributed by atoms with Gasteiger partial charge in [-0.05, 0) is 29.8 Å². The fraction of sp³-hybridized carbons (Fsp3) is 0.200. The minimum absolute atomic E-state index is 0.165. The second-order valence-corrected chi connectivity index (χ2v) is 6.57. The van der Waals surface area contributed by atoms with Crippen molar-refractivity contribution in [3.63, 3.8) is 0 Å². The zero-order valence-electron chi connectivity index (χ0n) is 15.6. The fourth-order valence-corrected chi connectivity index (χ4v) is 3.17. The summed E-state index contributed by atoms with van der Waals surface area (Å²) in [6, 6.07) is 9.92. The first-order valence-electron chi connectivity index (χ1n) is 8.93. The Morgan fingerprint density at radius 1 is 1.21 bits per heavy atom. The Kier molecular flexibility index (Phi) is 4.86. The first-order chi connectivity index (χ1) is 14.0. The molecular weight excluding hydrogens is 376 g/mol. The van der Waals surface area contributed by atoms with Crippen LogP contribution in [0.15, 0.2) is 55.1 Å². The lowest BCUT2D eigenvalue weighted by molar-refractivity contribution is -0.384. The molecule has 0 saturated heterocycles. The first kappa shape index (κ1) is 18.5.